The number of hydrogen-bond acceptors (Lipinski definition) is 2. The standard InChI is InChI=1S/C19H25O2P/c1-2-3-4-11-16-21-22(20,19-14-9-6-10-15-19)17-18-12-7-5-8-13-18/h5-10,12-15H,2-4,11,16-17H2,1H3. The minimum absolute atomic E-state index is 0.464. The normalized spacial score (nSPS) is 13.7. The van der Waals surface area contributed by atoms with Crippen LogP contribution < -0.4 is 5.30 Å². The summed E-state index contributed by atoms with van der Waals surface area (Å²) in [6.07, 6.45) is 4.97. The highest BCUT2D eigenvalue weighted by Crippen LogP contribution is 2.49. The molecule has 0 bridgehead atoms. The molecule has 3 heteroatoms. The predicted molar refractivity (Wildman–Crippen MR) is 93.9 cm³/mol. The molecule has 0 saturated carbocycles. The zero-order valence-electron chi connectivity index (χ0n) is 13.3. The van der Waals surface area contributed by atoms with Gasteiger partial charge < -0.3 is 4.52 Å². The molecule has 1 unspecified atom stereocenters. The van der Waals surface area contributed by atoms with Crippen LogP contribution in [0, 0.1) is 0 Å². The van der Waals surface area contributed by atoms with E-state index in [-0.39, 0.29) is 0 Å². The third-order valence-electron chi connectivity index (χ3n) is 3.68. The summed E-state index contributed by atoms with van der Waals surface area (Å²) in [5.41, 5.74) is 1.06. The van der Waals surface area contributed by atoms with Crippen LogP contribution in [-0.4, -0.2) is 6.61 Å². The smallest absolute Gasteiger partial charge is 0.236 e. The fourth-order valence-corrected chi connectivity index (χ4v) is 4.60. The van der Waals surface area contributed by atoms with Gasteiger partial charge in [-0.1, -0.05) is 74.7 Å². The van der Waals surface area contributed by atoms with E-state index in [0.717, 1.165) is 23.7 Å². The molecular weight excluding hydrogens is 291 g/mol. The Balaban J connectivity index is 2.09. The highest BCUT2D eigenvalue weighted by molar-refractivity contribution is 7.66. The summed E-state index contributed by atoms with van der Waals surface area (Å²) in [6.45, 7) is 2.75. The van der Waals surface area contributed by atoms with Crippen LogP contribution in [0.4, 0.5) is 0 Å². The van der Waals surface area contributed by atoms with Crippen molar-refractivity contribution in [1.29, 1.82) is 0 Å². The molecule has 0 aliphatic heterocycles. The summed E-state index contributed by atoms with van der Waals surface area (Å²) in [6, 6.07) is 19.6. The van der Waals surface area contributed by atoms with Crippen LogP contribution in [-0.2, 0) is 15.3 Å². The second kappa shape index (κ2) is 8.92. The van der Waals surface area contributed by atoms with Crippen molar-refractivity contribution in [2.75, 3.05) is 6.61 Å². The van der Waals surface area contributed by atoms with Gasteiger partial charge in [-0.2, -0.15) is 0 Å². The van der Waals surface area contributed by atoms with Gasteiger partial charge in [-0.15, -0.1) is 0 Å². The average molecular weight is 316 g/mol. The fraction of sp³-hybridized carbons (Fsp3) is 0.368. The third kappa shape index (κ3) is 5.12. The molecule has 1 atom stereocenters. The zero-order valence-corrected chi connectivity index (χ0v) is 14.2. The van der Waals surface area contributed by atoms with E-state index in [2.05, 4.69) is 6.92 Å². The Kier molecular flexibility index (Phi) is 6.89. The lowest BCUT2D eigenvalue weighted by Crippen LogP contribution is -2.10. The minimum Gasteiger partial charge on any atom is -0.325 e. The van der Waals surface area contributed by atoms with Crippen molar-refractivity contribution in [2.24, 2.45) is 0 Å². The molecule has 0 heterocycles. The monoisotopic (exact) mass is 316 g/mol. The first-order valence-electron chi connectivity index (χ1n) is 8.08. The van der Waals surface area contributed by atoms with Gasteiger partial charge in [-0.05, 0) is 24.1 Å². The van der Waals surface area contributed by atoms with Crippen molar-refractivity contribution in [3.8, 4) is 0 Å². The molecule has 0 amide bonds. The van der Waals surface area contributed by atoms with E-state index in [0.29, 0.717) is 12.8 Å². The van der Waals surface area contributed by atoms with Gasteiger partial charge in [0.1, 0.15) is 0 Å². The van der Waals surface area contributed by atoms with Gasteiger partial charge in [0.15, 0.2) is 0 Å². The van der Waals surface area contributed by atoms with Crippen LogP contribution in [0.15, 0.2) is 60.7 Å². The van der Waals surface area contributed by atoms with Crippen molar-refractivity contribution in [1.82, 2.24) is 0 Å². The van der Waals surface area contributed by atoms with Gasteiger partial charge in [0.05, 0.1) is 12.8 Å². The summed E-state index contributed by atoms with van der Waals surface area (Å²) < 4.78 is 19.3. The molecule has 0 spiro atoms. The Hall–Kier alpha value is -1.37. The lowest BCUT2D eigenvalue weighted by Gasteiger charge is -2.19. The molecule has 2 aromatic carbocycles. The van der Waals surface area contributed by atoms with E-state index in [9.17, 15) is 4.57 Å². The lowest BCUT2D eigenvalue weighted by molar-refractivity contribution is 0.307. The summed E-state index contributed by atoms with van der Waals surface area (Å²) in [7, 11) is -2.84. The van der Waals surface area contributed by atoms with E-state index < -0.39 is 7.37 Å². The Morgan fingerprint density at radius 1 is 0.864 bits per heavy atom. The van der Waals surface area contributed by atoms with Crippen LogP contribution in [0.1, 0.15) is 38.2 Å². The molecule has 2 nitrogen and oxygen atoms in total. The predicted octanol–water partition coefficient (Wildman–Crippen LogP) is 5.39. The molecule has 0 radical (unpaired) electrons. The third-order valence-corrected chi connectivity index (χ3v) is 6.15. The molecule has 2 aromatic rings. The van der Waals surface area contributed by atoms with Crippen LogP contribution >= 0.6 is 7.37 Å². The SMILES string of the molecule is CCCCCCOP(=O)(Cc1ccccc1)c1ccccc1. The second-order valence-corrected chi connectivity index (χ2v) is 7.98. The maximum Gasteiger partial charge on any atom is 0.236 e. The van der Waals surface area contributed by atoms with Crippen LogP contribution in [0.5, 0.6) is 0 Å². The summed E-state index contributed by atoms with van der Waals surface area (Å²) in [4.78, 5) is 0. The molecule has 0 saturated heterocycles. The van der Waals surface area contributed by atoms with E-state index in [1.807, 2.05) is 60.7 Å². The Bertz CT molecular complexity index is 581. The van der Waals surface area contributed by atoms with Crippen molar-refractivity contribution >= 4 is 12.7 Å². The lowest BCUT2D eigenvalue weighted by atomic mass is 10.2. The Morgan fingerprint density at radius 3 is 2.14 bits per heavy atom. The van der Waals surface area contributed by atoms with E-state index in [1.165, 1.54) is 12.8 Å². The Morgan fingerprint density at radius 2 is 1.50 bits per heavy atom. The second-order valence-electron chi connectivity index (χ2n) is 5.55. The summed E-state index contributed by atoms with van der Waals surface area (Å²) >= 11 is 0. The van der Waals surface area contributed by atoms with Gasteiger partial charge in [-0.3, -0.25) is 4.57 Å². The maximum absolute atomic E-state index is 13.4. The number of benzene rings is 2. The number of hydrogen-bond donors (Lipinski definition) is 0. The molecular formula is C19H25O2P. The molecule has 22 heavy (non-hydrogen) atoms. The minimum atomic E-state index is -2.84. The number of unbranched alkanes of at least 4 members (excludes halogenated alkanes) is 3. The highest BCUT2D eigenvalue weighted by Gasteiger charge is 2.26. The maximum atomic E-state index is 13.4. The molecule has 0 N–H and O–H groups in total. The average Bonchev–Trinajstić information content (AvgIpc) is 2.56. The number of rotatable bonds is 9. The quantitative estimate of drug-likeness (QED) is 0.458. The van der Waals surface area contributed by atoms with Crippen molar-refractivity contribution < 1.29 is 9.09 Å². The zero-order chi connectivity index (χ0) is 15.7. The van der Waals surface area contributed by atoms with Crippen LogP contribution in [0.25, 0.3) is 0 Å². The van der Waals surface area contributed by atoms with Crippen molar-refractivity contribution in [2.45, 2.75) is 38.8 Å². The molecule has 0 aliphatic rings. The van der Waals surface area contributed by atoms with Gasteiger partial charge in [-0.25, -0.2) is 0 Å². The summed E-state index contributed by atoms with van der Waals surface area (Å²) in [5, 5.41) is 0.814. The molecule has 0 aromatic heterocycles. The van der Waals surface area contributed by atoms with Gasteiger partial charge >= 0.3 is 0 Å². The van der Waals surface area contributed by atoms with Crippen molar-refractivity contribution in [3.63, 3.8) is 0 Å². The topological polar surface area (TPSA) is 26.3 Å². The van der Waals surface area contributed by atoms with Gasteiger partial charge in [0.25, 0.3) is 0 Å². The Labute approximate surface area is 134 Å². The first-order chi connectivity index (χ1) is 10.7. The largest absolute Gasteiger partial charge is 0.325 e. The molecule has 0 aliphatic carbocycles. The van der Waals surface area contributed by atoms with Crippen LogP contribution in [0.2, 0.25) is 0 Å². The highest BCUT2D eigenvalue weighted by atomic mass is 31.2. The first-order valence-corrected chi connectivity index (χ1v) is 9.89. The molecule has 2 rings (SSSR count). The molecule has 0 fully saturated rings. The first kappa shape index (κ1) is 17.0. The summed E-state index contributed by atoms with van der Waals surface area (Å²) in [5.74, 6) is 0. The van der Waals surface area contributed by atoms with Crippen LogP contribution in [0.3, 0.4) is 0 Å². The molecule has 118 valence electrons. The van der Waals surface area contributed by atoms with Gasteiger partial charge in [0.2, 0.25) is 7.37 Å². The van der Waals surface area contributed by atoms with E-state index in [1.54, 1.807) is 0 Å². The van der Waals surface area contributed by atoms with E-state index in [4.69, 9.17) is 4.52 Å². The van der Waals surface area contributed by atoms with Gasteiger partial charge in [0, 0.05) is 5.30 Å². The van der Waals surface area contributed by atoms with Crippen molar-refractivity contribution in [3.05, 3.63) is 66.2 Å². The fourth-order valence-electron chi connectivity index (χ4n) is 2.43. The van der Waals surface area contributed by atoms with E-state index >= 15 is 0 Å².